The third kappa shape index (κ3) is 6.37. The summed E-state index contributed by atoms with van der Waals surface area (Å²) in [5.41, 5.74) is 1.95. The number of carbonyl (C=O) groups excluding carboxylic acids is 1. The number of imidazole rings is 1. The van der Waals surface area contributed by atoms with Crippen LogP contribution >= 0.6 is 0 Å². The molecule has 136 valence electrons. The van der Waals surface area contributed by atoms with E-state index in [1.54, 1.807) is 12.5 Å². The van der Waals surface area contributed by atoms with Crippen molar-refractivity contribution in [3.05, 3.63) is 54.1 Å². The van der Waals surface area contributed by atoms with Crippen molar-refractivity contribution in [1.29, 1.82) is 0 Å². The van der Waals surface area contributed by atoms with Gasteiger partial charge in [-0.25, -0.2) is 4.98 Å². The first-order valence-corrected chi connectivity index (χ1v) is 9.29. The van der Waals surface area contributed by atoms with E-state index in [0.29, 0.717) is 11.8 Å². The van der Waals surface area contributed by atoms with Crippen LogP contribution in [0.1, 0.15) is 56.5 Å². The molecule has 0 aliphatic rings. The fourth-order valence-corrected chi connectivity index (χ4v) is 2.67. The lowest BCUT2D eigenvalue weighted by Crippen LogP contribution is -2.34. The Morgan fingerprint density at radius 2 is 1.64 bits per heavy atom. The quantitative estimate of drug-likeness (QED) is 0.675. The molecule has 25 heavy (non-hydrogen) atoms. The molecule has 4 nitrogen and oxygen atoms in total. The summed E-state index contributed by atoms with van der Waals surface area (Å²) < 4.78 is 2.02. The summed E-state index contributed by atoms with van der Waals surface area (Å²) in [6, 6.07) is 7.98. The molecule has 0 aliphatic carbocycles. The Balaban J connectivity index is 2.03. The van der Waals surface area contributed by atoms with Gasteiger partial charge in [0.05, 0.1) is 6.33 Å². The van der Waals surface area contributed by atoms with Crippen molar-refractivity contribution in [2.45, 2.75) is 47.1 Å². The van der Waals surface area contributed by atoms with Gasteiger partial charge in [0.15, 0.2) is 0 Å². The van der Waals surface area contributed by atoms with Crippen LogP contribution in [0.2, 0.25) is 0 Å². The summed E-state index contributed by atoms with van der Waals surface area (Å²) in [5, 5.41) is 0. The van der Waals surface area contributed by atoms with E-state index < -0.39 is 0 Å². The number of rotatable bonds is 9. The van der Waals surface area contributed by atoms with Crippen LogP contribution in [-0.4, -0.2) is 33.4 Å². The third-order valence-electron chi connectivity index (χ3n) is 4.37. The number of hydrogen-bond donors (Lipinski definition) is 0. The standard InChI is InChI=1S/C21H31N3O/c1-17(2)9-12-24(13-10-18(3)4)21(25)20-7-5-19(6-8-20)15-23-14-11-22-16-23/h5-8,11,14,16-18H,9-10,12-13,15H2,1-4H3. The Morgan fingerprint density at radius 1 is 1.04 bits per heavy atom. The first-order valence-electron chi connectivity index (χ1n) is 9.29. The summed E-state index contributed by atoms with van der Waals surface area (Å²) >= 11 is 0. The molecule has 0 spiro atoms. The average Bonchev–Trinajstić information content (AvgIpc) is 3.07. The van der Waals surface area contributed by atoms with Crippen LogP contribution in [0.25, 0.3) is 0 Å². The van der Waals surface area contributed by atoms with Gasteiger partial charge in [-0.2, -0.15) is 0 Å². The van der Waals surface area contributed by atoms with Crippen molar-refractivity contribution in [3.63, 3.8) is 0 Å². The van der Waals surface area contributed by atoms with Crippen LogP contribution in [-0.2, 0) is 6.54 Å². The molecule has 2 rings (SSSR count). The van der Waals surface area contributed by atoms with Crippen LogP contribution in [0.3, 0.4) is 0 Å². The second-order valence-corrected chi connectivity index (χ2v) is 7.59. The number of hydrogen-bond acceptors (Lipinski definition) is 2. The summed E-state index contributed by atoms with van der Waals surface area (Å²) in [6.07, 6.45) is 7.61. The highest BCUT2D eigenvalue weighted by Gasteiger charge is 2.16. The zero-order valence-corrected chi connectivity index (χ0v) is 16.0. The molecule has 2 aromatic rings. The number of carbonyl (C=O) groups is 1. The molecule has 0 saturated carbocycles. The highest BCUT2D eigenvalue weighted by molar-refractivity contribution is 5.94. The number of amides is 1. The van der Waals surface area contributed by atoms with Crippen molar-refractivity contribution in [1.82, 2.24) is 14.5 Å². The molecule has 1 aromatic heterocycles. The molecule has 0 radical (unpaired) electrons. The van der Waals surface area contributed by atoms with Crippen LogP contribution < -0.4 is 0 Å². The summed E-state index contributed by atoms with van der Waals surface area (Å²) in [4.78, 5) is 19.0. The molecule has 0 aliphatic heterocycles. The summed E-state index contributed by atoms with van der Waals surface area (Å²) in [6.45, 7) is 11.3. The lowest BCUT2D eigenvalue weighted by Gasteiger charge is -2.24. The lowest BCUT2D eigenvalue weighted by atomic mass is 10.1. The zero-order chi connectivity index (χ0) is 18.2. The smallest absolute Gasteiger partial charge is 0.253 e. The van der Waals surface area contributed by atoms with E-state index in [4.69, 9.17) is 0 Å². The van der Waals surface area contributed by atoms with Gasteiger partial charge in [-0.1, -0.05) is 39.8 Å². The predicted octanol–water partition coefficient (Wildman–Crippen LogP) is 4.47. The molecule has 0 N–H and O–H groups in total. The van der Waals surface area contributed by atoms with Gasteiger partial charge in [0.2, 0.25) is 0 Å². The minimum atomic E-state index is 0.149. The molecule has 0 saturated heterocycles. The SMILES string of the molecule is CC(C)CCN(CCC(C)C)C(=O)c1ccc(Cn2ccnc2)cc1. The van der Waals surface area contributed by atoms with Crippen LogP contribution in [0.4, 0.5) is 0 Å². The fourth-order valence-electron chi connectivity index (χ4n) is 2.67. The van der Waals surface area contributed by atoms with Gasteiger partial charge in [-0.05, 0) is 42.4 Å². The van der Waals surface area contributed by atoms with E-state index in [-0.39, 0.29) is 5.91 Å². The van der Waals surface area contributed by atoms with E-state index in [1.165, 1.54) is 5.56 Å². The monoisotopic (exact) mass is 341 g/mol. The molecule has 0 unspecified atom stereocenters. The van der Waals surface area contributed by atoms with E-state index in [2.05, 4.69) is 32.7 Å². The van der Waals surface area contributed by atoms with Gasteiger partial charge in [0, 0.05) is 37.6 Å². The molecule has 0 bridgehead atoms. The second kappa shape index (κ2) is 9.40. The fraction of sp³-hybridized carbons (Fsp3) is 0.524. The molecule has 0 fully saturated rings. The first kappa shape index (κ1) is 19.2. The van der Waals surface area contributed by atoms with E-state index in [0.717, 1.165) is 38.0 Å². The van der Waals surface area contributed by atoms with Crippen molar-refractivity contribution >= 4 is 5.91 Å². The maximum absolute atomic E-state index is 12.9. The van der Waals surface area contributed by atoms with Crippen molar-refractivity contribution in [3.8, 4) is 0 Å². The van der Waals surface area contributed by atoms with E-state index in [1.807, 2.05) is 39.9 Å². The Hall–Kier alpha value is -2.10. The average molecular weight is 341 g/mol. The molecular weight excluding hydrogens is 310 g/mol. The first-order chi connectivity index (χ1) is 12.0. The largest absolute Gasteiger partial charge is 0.339 e. The number of benzene rings is 1. The predicted molar refractivity (Wildman–Crippen MR) is 103 cm³/mol. The topological polar surface area (TPSA) is 38.1 Å². The minimum Gasteiger partial charge on any atom is -0.339 e. The number of aromatic nitrogens is 2. The molecule has 1 aromatic carbocycles. The summed E-state index contributed by atoms with van der Waals surface area (Å²) in [7, 11) is 0. The van der Waals surface area contributed by atoms with Crippen LogP contribution in [0.5, 0.6) is 0 Å². The van der Waals surface area contributed by atoms with E-state index >= 15 is 0 Å². The van der Waals surface area contributed by atoms with Crippen LogP contribution in [0.15, 0.2) is 43.0 Å². The highest BCUT2D eigenvalue weighted by Crippen LogP contribution is 2.13. The Morgan fingerprint density at radius 3 is 2.12 bits per heavy atom. The van der Waals surface area contributed by atoms with Gasteiger partial charge in [-0.15, -0.1) is 0 Å². The van der Waals surface area contributed by atoms with Gasteiger partial charge >= 0.3 is 0 Å². The number of nitrogens with zero attached hydrogens (tertiary/aromatic N) is 3. The molecular formula is C21H31N3O. The van der Waals surface area contributed by atoms with Gasteiger partial charge in [0.25, 0.3) is 5.91 Å². The lowest BCUT2D eigenvalue weighted by molar-refractivity contribution is 0.0741. The summed E-state index contributed by atoms with van der Waals surface area (Å²) in [5.74, 6) is 1.36. The Kier molecular flexibility index (Phi) is 7.23. The zero-order valence-electron chi connectivity index (χ0n) is 16.0. The Labute approximate surface area is 151 Å². The van der Waals surface area contributed by atoms with Crippen molar-refractivity contribution in [2.75, 3.05) is 13.1 Å². The maximum Gasteiger partial charge on any atom is 0.253 e. The van der Waals surface area contributed by atoms with Crippen molar-refractivity contribution < 1.29 is 4.79 Å². The maximum atomic E-state index is 12.9. The van der Waals surface area contributed by atoms with Crippen LogP contribution in [0, 0.1) is 11.8 Å². The molecule has 1 amide bonds. The molecule has 0 atom stereocenters. The van der Waals surface area contributed by atoms with Gasteiger partial charge < -0.3 is 9.47 Å². The molecule has 1 heterocycles. The third-order valence-corrected chi connectivity index (χ3v) is 4.37. The molecule has 4 heteroatoms. The van der Waals surface area contributed by atoms with E-state index in [9.17, 15) is 4.79 Å². The Bertz CT molecular complexity index is 618. The van der Waals surface area contributed by atoms with Gasteiger partial charge in [0.1, 0.15) is 0 Å². The van der Waals surface area contributed by atoms with Gasteiger partial charge in [-0.3, -0.25) is 4.79 Å². The highest BCUT2D eigenvalue weighted by atomic mass is 16.2. The van der Waals surface area contributed by atoms with Crippen molar-refractivity contribution in [2.24, 2.45) is 11.8 Å². The normalized spacial score (nSPS) is 11.3. The second-order valence-electron chi connectivity index (χ2n) is 7.59. The minimum absolute atomic E-state index is 0.149.